The number of anilines is 1. The second-order valence-electron chi connectivity index (χ2n) is 7.88. The predicted octanol–water partition coefficient (Wildman–Crippen LogP) is 4.44. The molecule has 1 heterocycles. The molecule has 0 radical (unpaired) electrons. The van der Waals surface area contributed by atoms with Crippen molar-refractivity contribution in [1.29, 1.82) is 0 Å². The van der Waals surface area contributed by atoms with Crippen molar-refractivity contribution in [3.8, 4) is 0 Å². The molecule has 0 aliphatic heterocycles. The van der Waals surface area contributed by atoms with Gasteiger partial charge in [0.15, 0.2) is 5.58 Å². The molecule has 8 nitrogen and oxygen atoms in total. The molecule has 0 aliphatic rings. The summed E-state index contributed by atoms with van der Waals surface area (Å²) < 4.78 is 10.5. The highest BCUT2D eigenvalue weighted by atomic mass is 35.5. The quantitative estimate of drug-likeness (QED) is 0.265. The lowest BCUT2D eigenvalue weighted by molar-refractivity contribution is 0.0600. The van der Waals surface area contributed by atoms with Gasteiger partial charge in [0.2, 0.25) is 0 Å². The first-order chi connectivity index (χ1) is 16.3. The number of hydrogen-bond acceptors (Lipinski definition) is 7. The van der Waals surface area contributed by atoms with Gasteiger partial charge in [0.25, 0.3) is 11.9 Å². The van der Waals surface area contributed by atoms with Crippen molar-refractivity contribution in [2.24, 2.45) is 5.73 Å². The second-order valence-corrected chi connectivity index (χ2v) is 8.31. The fourth-order valence-electron chi connectivity index (χ4n) is 3.43. The molecule has 9 heteroatoms. The molecule has 4 aromatic rings. The normalized spacial score (nSPS) is 12.7. The van der Waals surface area contributed by atoms with Gasteiger partial charge in [0, 0.05) is 11.6 Å². The van der Waals surface area contributed by atoms with Gasteiger partial charge in [-0.25, -0.2) is 4.79 Å². The second kappa shape index (κ2) is 9.54. The Balaban J connectivity index is 1.51. The maximum atomic E-state index is 13.1. The third-order valence-corrected chi connectivity index (χ3v) is 5.55. The van der Waals surface area contributed by atoms with Gasteiger partial charge >= 0.3 is 5.97 Å². The largest absolute Gasteiger partial charge is 0.465 e. The number of nitrogens with one attached hydrogen (secondary N) is 2. The number of hydrogen-bond donors (Lipinski definition) is 3. The van der Waals surface area contributed by atoms with E-state index in [9.17, 15) is 9.59 Å². The van der Waals surface area contributed by atoms with Crippen LogP contribution in [0.1, 0.15) is 38.8 Å². The van der Waals surface area contributed by atoms with Crippen LogP contribution in [0.2, 0.25) is 5.02 Å². The van der Waals surface area contributed by atoms with Crippen LogP contribution >= 0.6 is 11.6 Å². The molecule has 1 unspecified atom stereocenters. The van der Waals surface area contributed by atoms with Crippen LogP contribution in [0.3, 0.4) is 0 Å². The van der Waals surface area contributed by atoms with Gasteiger partial charge in [-0.2, -0.15) is 4.98 Å². The highest BCUT2D eigenvalue weighted by molar-refractivity contribution is 6.30. The zero-order chi connectivity index (χ0) is 24.3. The third kappa shape index (κ3) is 5.03. The van der Waals surface area contributed by atoms with Crippen LogP contribution in [0.4, 0.5) is 6.01 Å². The van der Waals surface area contributed by atoms with E-state index >= 15 is 0 Å². The van der Waals surface area contributed by atoms with E-state index < -0.39 is 17.5 Å². The Morgan fingerprint density at radius 1 is 1.09 bits per heavy atom. The van der Waals surface area contributed by atoms with Crippen molar-refractivity contribution in [2.45, 2.75) is 19.1 Å². The van der Waals surface area contributed by atoms with Crippen molar-refractivity contribution in [1.82, 2.24) is 10.3 Å². The zero-order valence-corrected chi connectivity index (χ0v) is 19.3. The van der Waals surface area contributed by atoms with Gasteiger partial charge in [-0.05, 0) is 54.4 Å². The van der Waals surface area contributed by atoms with Gasteiger partial charge in [0.05, 0.1) is 18.2 Å². The molecule has 0 fully saturated rings. The fraction of sp³-hybridized carbons (Fsp3) is 0.160. The first-order valence-electron chi connectivity index (χ1n) is 10.4. The summed E-state index contributed by atoms with van der Waals surface area (Å²) in [4.78, 5) is 29.2. The summed E-state index contributed by atoms with van der Waals surface area (Å²) in [6, 6.07) is 19.3. The van der Waals surface area contributed by atoms with Crippen LogP contribution in [0, 0.1) is 0 Å². The van der Waals surface area contributed by atoms with Crippen LogP contribution in [-0.4, -0.2) is 24.0 Å². The topological polar surface area (TPSA) is 119 Å². The lowest BCUT2D eigenvalue weighted by Crippen LogP contribution is -2.50. The molecule has 3 aromatic carbocycles. The molecule has 0 spiro atoms. The number of rotatable bonds is 7. The van der Waals surface area contributed by atoms with Crippen LogP contribution in [0.25, 0.3) is 11.1 Å². The Hall–Kier alpha value is -3.88. The van der Waals surface area contributed by atoms with E-state index in [0.717, 1.165) is 5.56 Å². The van der Waals surface area contributed by atoms with E-state index in [4.69, 9.17) is 26.5 Å². The number of para-hydroxylation sites is 1. The van der Waals surface area contributed by atoms with Crippen LogP contribution < -0.4 is 16.4 Å². The number of ether oxygens (including phenoxy) is 1. The van der Waals surface area contributed by atoms with Crippen LogP contribution in [0.5, 0.6) is 0 Å². The average Bonchev–Trinajstić information content (AvgIpc) is 3.26. The van der Waals surface area contributed by atoms with Crippen LogP contribution in [-0.2, 0) is 16.9 Å². The van der Waals surface area contributed by atoms with Crippen molar-refractivity contribution in [3.63, 3.8) is 0 Å². The van der Waals surface area contributed by atoms with Crippen molar-refractivity contribution in [3.05, 3.63) is 94.0 Å². The minimum absolute atomic E-state index is 0.291. The molecule has 0 aliphatic carbocycles. The summed E-state index contributed by atoms with van der Waals surface area (Å²) in [6.45, 7) is 2.14. The fourth-order valence-corrected chi connectivity index (χ4v) is 3.56. The Morgan fingerprint density at radius 3 is 2.47 bits per heavy atom. The number of fused-ring (bicyclic) bond motifs is 1. The van der Waals surface area contributed by atoms with Gasteiger partial charge in [-0.1, -0.05) is 41.9 Å². The minimum atomic E-state index is -1.20. The summed E-state index contributed by atoms with van der Waals surface area (Å²) in [6.07, 6.45) is 0. The number of halogens is 1. The maximum absolute atomic E-state index is 13.1. The number of nitrogens with two attached hydrogens (primary N) is 1. The molecule has 1 aromatic heterocycles. The number of carbonyl (C=O) groups excluding carboxylic acids is 2. The van der Waals surface area contributed by atoms with Gasteiger partial charge in [0.1, 0.15) is 11.2 Å². The van der Waals surface area contributed by atoms with Crippen molar-refractivity contribution < 1.29 is 18.7 Å². The molecule has 1 amide bonds. The van der Waals surface area contributed by atoms with E-state index in [0.29, 0.717) is 45.4 Å². The number of oxazole rings is 1. The molecule has 4 N–H and O–H groups in total. The summed E-state index contributed by atoms with van der Waals surface area (Å²) in [5, 5.41) is 6.59. The molecular formula is C25H23ClN4O4. The molecule has 0 saturated heterocycles. The molecular weight excluding hydrogens is 456 g/mol. The summed E-state index contributed by atoms with van der Waals surface area (Å²) >= 11 is 5.92. The molecule has 0 bridgehead atoms. The SMILES string of the molecule is COC(=O)c1ccc(C(C)(N)NC(=O)c2cccc3nc(NCc4ccc(Cl)cc4)oc23)cc1. The highest BCUT2D eigenvalue weighted by Gasteiger charge is 2.26. The van der Waals surface area contributed by atoms with Crippen molar-refractivity contribution >= 4 is 40.6 Å². The molecule has 34 heavy (non-hydrogen) atoms. The Labute approximate surface area is 201 Å². The maximum Gasteiger partial charge on any atom is 0.337 e. The number of benzene rings is 3. The van der Waals surface area contributed by atoms with E-state index in [1.807, 2.05) is 12.1 Å². The first kappa shape index (κ1) is 23.3. The highest BCUT2D eigenvalue weighted by Crippen LogP contribution is 2.25. The number of aromatic nitrogens is 1. The lowest BCUT2D eigenvalue weighted by atomic mass is 10.00. The number of methoxy groups -OCH3 is 1. The standard InChI is InChI=1S/C25H23ClN4O4/c1-25(27,17-10-8-16(9-11-17)23(32)33-2)30-22(31)19-4-3-5-20-21(19)34-24(29-20)28-14-15-6-12-18(26)13-7-15/h3-13H,14,27H2,1-2H3,(H,28,29)(H,30,31). The monoisotopic (exact) mass is 478 g/mol. The van der Waals surface area contributed by atoms with E-state index in [-0.39, 0.29) is 0 Å². The zero-order valence-electron chi connectivity index (χ0n) is 18.6. The number of nitrogens with zero attached hydrogens (tertiary/aromatic N) is 1. The average molecular weight is 479 g/mol. The van der Waals surface area contributed by atoms with Gasteiger partial charge < -0.3 is 25.5 Å². The van der Waals surface area contributed by atoms with Gasteiger partial charge in [-0.15, -0.1) is 0 Å². The Morgan fingerprint density at radius 2 is 1.79 bits per heavy atom. The minimum Gasteiger partial charge on any atom is -0.465 e. The number of carbonyl (C=O) groups is 2. The summed E-state index contributed by atoms with van der Waals surface area (Å²) in [5.74, 6) is -0.875. The molecule has 174 valence electrons. The summed E-state index contributed by atoms with van der Waals surface area (Å²) in [5.41, 5.74) is 8.37. The Kier molecular flexibility index (Phi) is 6.54. The summed E-state index contributed by atoms with van der Waals surface area (Å²) in [7, 11) is 1.31. The van der Waals surface area contributed by atoms with Crippen LogP contribution in [0.15, 0.2) is 71.1 Å². The third-order valence-electron chi connectivity index (χ3n) is 5.30. The van der Waals surface area contributed by atoms with E-state index in [1.54, 1.807) is 61.5 Å². The first-order valence-corrected chi connectivity index (χ1v) is 10.8. The Bertz CT molecular complexity index is 1330. The van der Waals surface area contributed by atoms with E-state index in [2.05, 4.69) is 15.6 Å². The number of amides is 1. The predicted molar refractivity (Wildman–Crippen MR) is 130 cm³/mol. The lowest BCUT2D eigenvalue weighted by Gasteiger charge is -2.27. The number of esters is 1. The smallest absolute Gasteiger partial charge is 0.337 e. The molecule has 0 saturated carbocycles. The van der Waals surface area contributed by atoms with E-state index in [1.165, 1.54) is 7.11 Å². The molecule has 1 atom stereocenters. The van der Waals surface area contributed by atoms with Gasteiger partial charge in [-0.3, -0.25) is 4.79 Å². The molecule has 4 rings (SSSR count). The van der Waals surface area contributed by atoms with Crippen molar-refractivity contribution in [2.75, 3.05) is 12.4 Å².